The largest absolute Gasteiger partial charge is 0.322 e. The second-order valence-electron chi connectivity index (χ2n) is 5.55. The van der Waals surface area contributed by atoms with Crippen molar-refractivity contribution in [2.45, 2.75) is 13.8 Å². The summed E-state index contributed by atoms with van der Waals surface area (Å²) in [4.78, 5) is 28.3. The number of hydrogen-bond donors (Lipinski definition) is 1. The van der Waals surface area contributed by atoms with Gasteiger partial charge in [-0.1, -0.05) is 12.1 Å². The van der Waals surface area contributed by atoms with Crippen LogP contribution in [0.25, 0.3) is 10.9 Å². The van der Waals surface area contributed by atoms with Gasteiger partial charge in [-0.2, -0.15) is 0 Å². The highest BCUT2D eigenvalue weighted by molar-refractivity contribution is 6.07. The number of hydrogen-bond acceptors (Lipinski definition) is 3. The maximum absolute atomic E-state index is 13.4. The van der Waals surface area contributed by atoms with E-state index in [1.54, 1.807) is 43.3 Å². The summed E-state index contributed by atoms with van der Waals surface area (Å²) < 4.78 is 13.4. The van der Waals surface area contributed by atoms with Crippen molar-refractivity contribution in [3.05, 3.63) is 71.2 Å². The molecule has 0 fully saturated rings. The third-order valence-electron chi connectivity index (χ3n) is 3.74. The van der Waals surface area contributed by atoms with Crippen LogP contribution in [0.4, 0.5) is 10.1 Å². The number of carbonyl (C=O) groups excluding carboxylic acids is 2. The number of benzene rings is 2. The number of Topliss-reactive ketones (excluding diaryl/α,β-unsaturated/α-hetero) is 1. The monoisotopic (exact) mass is 322 g/mol. The van der Waals surface area contributed by atoms with Gasteiger partial charge in [-0.3, -0.25) is 14.6 Å². The summed E-state index contributed by atoms with van der Waals surface area (Å²) in [5.41, 5.74) is 2.58. The average molecular weight is 322 g/mol. The predicted octanol–water partition coefficient (Wildman–Crippen LogP) is 4.14. The van der Waals surface area contributed by atoms with Crippen LogP contribution in [0.5, 0.6) is 0 Å². The minimum atomic E-state index is -0.381. The summed E-state index contributed by atoms with van der Waals surface area (Å²) in [5, 5.41) is 3.31. The molecule has 5 heteroatoms. The van der Waals surface area contributed by atoms with Crippen LogP contribution in [0.1, 0.15) is 33.3 Å². The normalized spacial score (nSPS) is 10.6. The molecule has 2 aromatic carbocycles. The first-order valence-electron chi connectivity index (χ1n) is 7.43. The molecule has 0 aliphatic carbocycles. The molecule has 120 valence electrons. The van der Waals surface area contributed by atoms with Gasteiger partial charge in [0.05, 0.1) is 16.8 Å². The summed E-state index contributed by atoms with van der Waals surface area (Å²) in [6, 6.07) is 12.6. The summed E-state index contributed by atoms with van der Waals surface area (Å²) in [7, 11) is 0. The molecule has 0 aliphatic rings. The van der Waals surface area contributed by atoms with Gasteiger partial charge in [-0.15, -0.1) is 0 Å². The third kappa shape index (κ3) is 3.15. The molecule has 0 aliphatic heterocycles. The first-order chi connectivity index (χ1) is 11.4. The van der Waals surface area contributed by atoms with Crippen LogP contribution < -0.4 is 5.32 Å². The minimum Gasteiger partial charge on any atom is -0.322 e. The maximum Gasteiger partial charge on any atom is 0.257 e. The average Bonchev–Trinajstić information content (AvgIpc) is 2.54. The minimum absolute atomic E-state index is 0.0786. The van der Waals surface area contributed by atoms with Crippen molar-refractivity contribution >= 4 is 28.3 Å². The number of nitrogens with zero attached hydrogens (tertiary/aromatic N) is 1. The highest BCUT2D eigenvalue weighted by Crippen LogP contribution is 2.19. The number of amides is 1. The number of aryl methyl sites for hydroxylation is 1. The van der Waals surface area contributed by atoms with Gasteiger partial charge in [0.25, 0.3) is 5.91 Å². The fourth-order valence-corrected chi connectivity index (χ4v) is 2.49. The quantitative estimate of drug-likeness (QED) is 0.737. The molecule has 24 heavy (non-hydrogen) atoms. The lowest BCUT2D eigenvalue weighted by atomic mass is 10.1. The van der Waals surface area contributed by atoms with E-state index in [0.717, 1.165) is 0 Å². The van der Waals surface area contributed by atoms with Crippen molar-refractivity contribution < 1.29 is 14.0 Å². The van der Waals surface area contributed by atoms with Crippen molar-refractivity contribution in [3.8, 4) is 0 Å². The van der Waals surface area contributed by atoms with Gasteiger partial charge in [0.2, 0.25) is 0 Å². The van der Waals surface area contributed by atoms with Gasteiger partial charge in [0, 0.05) is 16.6 Å². The molecule has 1 amide bonds. The van der Waals surface area contributed by atoms with E-state index in [0.29, 0.717) is 33.4 Å². The first kappa shape index (κ1) is 15.8. The zero-order valence-electron chi connectivity index (χ0n) is 13.3. The van der Waals surface area contributed by atoms with E-state index < -0.39 is 0 Å². The molecule has 4 nitrogen and oxygen atoms in total. The number of halogens is 1. The van der Waals surface area contributed by atoms with E-state index in [9.17, 15) is 14.0 Å². The maximum atomic E-state index is 13.4. The van der Waals surface area contributed by atoms with Gasteiger partial charge in [-0.25, -0.2) is 4.39 Å². The van der Waals surface area contributed by atoms with Crippen LogP contribution in [0, 0.1) is 12.7 Å². The Balaban J connectivity index is 1.95. The van der Waals surface area contributed by atoms with Gasteiger partial charge < -0.3 is 5.32 Å². The van der Waals surface area contributed by atoms with Crippen molar-refractivity contribution in [1.29, 1.82) is 0 Å². The summed E-state index contributed by atoms with van der Waals surface area (Å²) >= 11 is 0. The molecule has 3 aromatic rings. The predicted molar refractivity (Wildman–Crippen MR) is 90.8 cm³/mol. The fraction of sp³-hybridized carbons (Fsp3) is 0.105. The van der Waals surface area contributed by atoms with E-state index in [2.05, 4.69) is 10.3 Å². The lowest BCUT2D eigenvalue weighted by molar-refractivity contribution is 0.101. The molecular formula is C19H15FN2O2. The van der Waals surface area contributed by atoms with E-state index in [-0.39, 0.29) is 17.5 Å². The first-order valence-corrected chi connectivity index (χ1v) is 7.43. The molecule has 0 saturated carbocycles. The standard InChI is InChI=1S/C19H15FN2O2/c1-11-17(10-14-8-15(20)6-7-18(14)21-11)19(24)22-16-5-3-4-13(9-16)12(2)23/h3-10H,1-2H3,(H,22,24). The zero-order valence-corrected chi connectivity index (χ0v) is 13.3. The van der Waals surface area contributed by atoms with Crippen molar-refractivity contribution in [1.82, 2.24) is 4.98 Å². The number of fused-ring (bicyclic) bond motifs is 1. The lowest BCUT2D eigenvalue weighted by Crippen LogP contribution is -2.14. The van der Waals surface area contributed by atoms with Crippen molar-refractivity contribution in [2.75, 3.05) is 5.32 Å². The molecule has 0 saturated heterocycles. The molecule has 1 N–H and O–H groups in total. The summed E-state index contributed by atoms with van der Waals surface area (Å²) in [6.45, 7) is 3.19. The second kappa shape index (κ2) is 6.20. The summed E-state index contributed by atoms with van der Waals surface area (Å²) in [5.74, 6) is -0.814. The molecule has 0 unspecified atom stereocenters. The molecule has 3 rings (SSSR count). The molecule has 0 atom stereocenters. The highest BCUT2D eigenvalue weighted by atomic mass is 19.1. The van der Waals surface area contributed by atoms with Gasteiger partial charge in [-0.05, 0) is 50.2 Å². The van der Waals surface area contributed by atoms with Gasteiger partial charge in [0.1, 0.15) is 5.82 Å². The van der Waals surface area contributed by atoms with Crippen LogP contribution in [-0.4, -0.2) is 16.7 Å². The molecule has 0 spiro atoms. The number of ketones is 1. The van der Waals surface area contributed by atoms with Gasteiger partial charge >= 0.3 is 0 Å². The summed E-state index contributed by atoms with van der Waals surface area (Å²) in [6.07, 6.45) is 0. The van der Waals surface area contributed by atoms with Crippen molar-refractivity contribution in [3.63, 3.8) is 0 Å². The Morgan fingerprint density at radius 3 is 2.62 bits per heavy atom. The molecule has 1 aromatic heterocycles. The number of anilines is 1. The van der Waals surface area contributed by atoms with Crippen LogP contribution in [0.15, 0.2) is 48.5 Å². The van der Waals surface area contributed by atoms with Crippen LogP contribution in [0.3, 0.4) is 0 Å². The Labute approximate surface area is 138 Å². The van der Waals surface area contributed by atoms with Crippen molar-refractivity contribution in [2.24, 2.45) is 0 Å². The molecular weight excluding hydrogens is 307 g/mol. The van der Waals surface area contributed by atoms with E-state index in [4.69, 9.17) is 0 Å². The van der Waals surface area contributed by atoms with Crippen LogP contribution >= 0.6 is 0 Å². The topological polar surface area (TPSA) is 59.1 Å². The molecule has 1 heterocycles. The number of rotatable bonds is 3. The lowest BCUT2D eigenvalue weighted by Gasteiger charge is -2.09. The Morgan fingerprint density at radius 2 is 1.88 bits per heavy atom. The highest BCUT2D eigenvalue weighted by Gasteiger charge is 2.13. The number of aromatic nitrogens is 1. The third-order valence-corrected chi connectivity index (χ3v) is 3.74. The van der Waals surface area contributed by atoms with Crippen LogP contribution in [0.2, 0.25) is 0 Å². The van der Waals surface area contributed by atoms with Crippen LogP contribution in [-0.2, 0) is 0 Å². The fourth-order valence-electron chi connectivity index (χ4n) is 2.49. The SMILES string of the molecule is CC(=O)c1cccc(NC(=O)c2cc3cc(F)ccc3nc2C)c1. The number of pyridine rings is 1. The molecule has 0 radical (unpaired) electrons. The zero-order chi connectivity index (χ0) is 17.3. The van der Waals surface area contributed by atoms with E-state index in [1.807, 2.05) is 0 Å². The molecule has 0 bridgehead atoms. The number of carbonyl (C=O) groups is 2. The van der Waals surface area contributed by atoms with Gasteiger partial charge in [0.15, 0.2) is 5.78 Å². The number of nitrogens with one attached hydrogen (secondary N) is 1. The smallest absolute Gasteiger partial charge is 0.257 e. The second-order valence-corrected chi connectivity index (χ2v) is 5.55. The Hall–Kier alpha value is -3.08. The van der Waals surface area contributed by atoms with E-state index in [1.165, 1.54) is 19.1 Å². The Bertz CT molecular complexity index is 967. The van der Waals surface area contributed by atoms with E-state index >= 15 is 0 Å². The Morgan fingerprint density at radius 1 is 1.08 bits per heavy atom. The Kier molecular flexibility index (Phi) is 4.08.